The maximum Gasteiger partial charge on any atom is 0.298 e. The Morgan fingerprint density at radius 1 is 0.900 bits per heavy atom. The Labute approximate surface area is 178 Å². The quantitative estimate of drug-likeness (QED) is 0.495. The summed E-state index contributed by atoms with van der Waals surface area (Å²) in [5, 5.41) is -0.349. The van der Waals surface area contributed by atoms with E-state index < -0.39 is 0 Å². The average Bonchev–Trinajstić information content (AvgIpc) is 3.06. The molecule has 0 N–H and O–H groups in total. The topological polar surface area (TPSA) is 55.8 Å². The smallest absolute Gasteiger partial charge is 0.298 e. The lowest BCUT2D eigenvalue weighted by atomic mass is 10.2. The van der Waals surface area contributed by atoms with E-state index in [1.54, 1.807) is 30.3 Å². The first-order chi connectivity index (χ1) is 14.7. The lowest BCUT2D eigenvalue weighted by molar-refractivity contribution is -0.113. The highest BCUT2D eigenvalue weighted by Gasteiger charge is 2.37. The molecule has 1 saturated heterocycles. The van der Waals surface area contributed by atoms with E-state index in [0.29, 0.717) is 22.9 Å². The first-order valence-electron chi connectivity index (χ1n) is 9.33. The van der Waals surface area contributed by atoms with Gasteiger partial charge in [0.1, 0.15) is 18.1 Å². The van der Waals surface area contributed by atoms with Crippen LogP contribution in [0.4, 0.5) is 10.5 Å². The van der Waals surface area contributed by atoms with Crippen LogP contribution < -0.4 is 14.4 Å². The minimum Gasteiger partial charge on any atom is -0.495 e. The number of amides is 2. The molecule has 6 heteroatoms. The van der Waals surface area contributed by atoms with Crippen molar-refractivity contribution < 1.29 is 19.1 Å². The van der Waals surface area contributed by atoms with Crippen molar-refractivity contribution in [2.75, 3.05) is 12.0 Å². The van der Waals surface area contributed by atoms with Gasteiger partial charge < -0.3 is 9.47 Å². The van der Waals surface area contributed by atoms with Gasteiger partial charge in [-0.15, -0.1) is 0 Å². The molecule has 0 saturated carbocycles. The summed E-state index contributed by atoms with van der Waals surface area (Å²) in [7, 11) is 1.51. The van der Waals surface area contributed by atoms with Crippen molar-refractivity contribution in [3.63, 3.8) is 0 Å². The van der Waals surface area contributed by atoms with Crippen LogP contribution in [0.25, 0.3) is 6.08 Å². The number of nitrogens with zero attached hydrogens (tertiary/aromatic N) is 1. The third kappa shape index (κ3) is 4.23. The van der Waals surface area contributed by atoms with Crippen molar-refractivity contribution >= 4 is 34.7 Å². The number of hydrogen-bond acceptors (Lipinski definition) is 5. The van der Waals surface area contributed by atoms with Crippen molar-refractivity contribution in [3.8, 4) is 11.5 Å². The van der Waals surface area contributed by atoms with Crippen LogP contribution >= 0.6 is 11.8 Å². The Morgan fingerprint density at radius 3 is 2.33 bits per heavy atom. The fourth-order valence-electron chi connectivity index (χ4n) is 3.04. The second kappa shape index (κ2) is 8.88. The monoisotopic (exact) mass is 417 g/mol. The molecular formula is C24H19NO4S. The maximum atomic E-state index is 12.9. The molecule has 0 bridgehead atoms. The van der Waals surface area contributed by atoms with Crippen molar-refractivity contribution in [2.45, 2.75) is 6.61 Å². The summed E-state index contributed by atoms with van der Waals surface area (Å²) >= 11 is 0.914. The van der Waals surface area contributed by atoms with E-state index in [-0.39, 0.29) is 11.1 Å². The zero-order chi connectivity index (χ0) is 20.9. The molecule has 0 aliphatic carbocycles. The van der Waals surface area contributed by atoms with Crippen LogP contribution in [0.2, 0.25) is 0 Å². The predicted molar refractivity (Wildman–Crippen MR) is 119 cm³/mol. The van der Waals surface area contributed by atoms with Gasteiger partial charge >= 0.3 is 0 Å². The molecule has 1 fully saturated rings. The highest BCUT2D eigenvalue weighted by Crippen LogP contribution is 2.39. The average molecular weight is 417 g/mol. The van der Waals surface area contributed by atoms with Crippen LogP contribution in [0.3, 0.4) is 0 Å². The molecule has 150 valence electrons. The Kier molecular flexibility index (Phi) is 5.86. The van der Waals surface area contributed by atoms with E-state index in [1.807, 2.05) is 54.6 Å². The van der Waals surface area contributed by atoms with Crippen molar-refractivity contribution in [3.05, 3.63) is 94.9 Å². The van der Waals surface area contributed by atoms with Crippen LogP contribution in [-0.4, -0.2) is 18.3 Å². The van der Waals surface area contributed by atoms with Gasteiger partial charge in [-0.2, -0.15) is 0 Å². The lowest BCUT2D eigenvalue weighted by Crippen LogP contribution is -2.28. The molecular weight excluding hydrogens is 398 g/mol. The number of carbonyl (C=O) groups excluding carboxylic acids is 2. The summed E-state index contributed by atoms with van der Waals surface area (Å²) in [6, 6.07) is 24.3. The number of rotatable bonds is 6. The van der Waals surface area contributed by atoms with Gasteiger partial charge in [0.2, 0.25) is 0 Å². The number of ether oxygens (including phenoxy) is 2. The van der Waals surface area contributed by atoms with E-state index in [2.05, 4.69) is 0 Å². The standard InChI is InChI=1S/C24H19NO4S/c1-28-21-10-6-5-9-20(21)25-23(26)22(30-24(25)27)15-17-11-13-19(14-12-17)29-16-18-7-3-2-4-8-18/h2-15H,16H2,1H3/b22-15-. The predicted octanol–water partition coefficient (Wildman–Crippen LogP) is 5.52. The molecule has 5 nitrogen and oxygen atoms in total. The van der Waals surface area contributed by atoms with Gasteiger partial charge in [0.25, 0.3) is 11.1 Å². The molecule has 0 radical (unpaired) electrons. The number of thioether (sulfide) groups is 1. The molecule has 0 unspecified atom stereocenters. The van der Waals surface area contributed by atoms with E-state index in [4.69, 9.17) is 9.47 Å². The van der Waals surface area contributed by atoms with Crippen LogP contribution in [0, 0.1) is 0 Å². The summed E-state index contributed by atoms with van der Waals surface area (Å²) < 4.78 is 11.1. The number of carbonyl (C=O) groups is 2. The van der Waals surface area contributed by atoms with Crippen molar-refractivity contribution in [2.24, 2.45) is 0 Å². The van der Waals surface area contributed by atoms with E-state index in [0.717, 1.165) is 33.5 Å². The van der Waals surface area contributed by atoms with Crippen LogP contribution in [0.1, 0.15) is 11.1 Å². The van der Waals surface area contributed by atoms with Crippen LogP contribution in [0.5, 0.6) is 11.5 Å². The summed E-state index contributed by atoms with van der Waals surface area (Å²) in [6.45, 7) is 0.484. The first-order valence-corrected chi connectivity index (χ1v) is 10.1. The summed E-state index contributed by atoms with van der Waals surface area (Å²) in [4.78, 5) is 26.8. The van der Waals surface area contributed by atoms with Crippen LogP contribution in [-0.2, 0) is 11.4 Å². The number of anilines is 1. The molecule has 0 atom stereocenters. The molecule has 0 spiro atoms. The van der Waals surface area contributed by atoms with Crippen LogP contribution in [0.15, 0.2) is 83.8 Å². The van der Waals surface area contributed by atoms with Gasteiger partial charge in [-0.05, 0) is 53.2 Å². The van der Waals surface area contributed by atoms with Gasteiger partial charge in [-0.3, -0.25) is 9.59 Å². The molecule has 3 aromatic carbocycles. The molecule has 1 aliphatic rings. The molecule has 0 aromatic heterocycles. The van der Waals surface area contributed by atoms with Gasteiger partial charge in [0.05, 0.1) is 17.7 Å². The number of hydrogen-bond donors (Lipinski definition) is 0. The number of imide groups is 1. The zero-order valence-electron chi connectivity index (χ0n) is 16.3. The third-order valence-corrected chi connectivity index (χ3v) is 5.42. The molecule has 4 rings (SSSR count). The largest absolute Gasteiger partial charge is 0.495 e. The Balaban J connectivity index is 1.48. The SMILES string of the molecule is COc1ccccc1N1C(=O)S/C(=C\c2ccc(OCc3ccccc3)cc2)C1=O. The molecule has 1 aliphatic heterocycles. The highest BCUT2D eigenvalue weighted by atomic mass is 32.2. The maximum absolute atomic E-state index is 12.9. The Bertz CT molecular complexity index is 1090. The molecule has 2 amide bonds. The minimum atomic E-state index is -0.362. The Hall–Kier alpha value is -3.51. The second-order valence-electron chi connectivity index (χ2n) is 6.53. The fourth-order valence-corrected chi connectivity index (χ4v) is 3.88. The summed E-state index contributed by atoms with van der Waals surface area (Å²) in [5.74, 6) is 0.845. The van der Waals surface area contributed by atoms with E-state index in [9.17, 15) is 9.59 Å². The van der Waals surface area contributed by atoms with Gasteiger partial charge in [-0.1, -0.05) is 54.6 Å². The van der Waals surface area contributed by atoms with Crippen molar-refractivity contribution in [1.82, 2.24) is 0 Å². The third-order valence-electron chi connectivity index (χ3n) is 4.55. The summed E-state index contributed by atoms with van der Waals surface area (Å²) in [6.07, 6.45) is 1.71. The second-order valence-corrected chi connectivity index (χ2v) is 7.53. The lowest BCUT2D eigenvalue weighted by Gasteiger charge is -2.15. The van der Waals surface area contributed by atoms with E-state index >= 15 is 0 Å². The molecule has 30 heavy (non-hydrogen) atoms. The first kappa shape index (κ1) is 19.8. The molecule has 1 heterocycles. The van der Waals surface area contributed by atoms with Gasteiger partial charge in [0, 0.05) is 0 Å². The zero-order valence-corrected chi connectivity index (χ0v) is 17.1. The normalized spacial score (nSPS) is 15.0. The fraction of sp³-hybridized carbons (Fsp3) is 0.0833. The highest BCUT2D eigenvalue weighted by molar-refractivity contribution is 8.19. The van der Waals surface area contributed by atoms with Gasteiger partial charge in [0.15, 0.2) is 0 Å². The minimum absolute atomic E-state index is 0.349. The summed E-state index contributed by atoms with van der Waals surface area (Å²) in [5.41, 5.74) is 2.34. The van der Waals surface area contributed by atoms with Crippen molar-refractivity contribution in [1.29, 1.82) is 0 Å². The van der Waals surface area contributed by atoms with Gasteiger partial charge in [-0.25, -0.2) is 4.90 Å². The molecule has 3 aromatic rings. The van der Waals surface area contributed by atoms with E-state index in [1.165, 1.54) is 7.11 Å². The number of para-hydroxylation sites is 2. The number of benzene rings is 3. The number of methoxy groups -OCH3 is 1. The Morgan fingerprint density at radius 2 is 1.60 bits per heavy atom.